The predicted octanol–water partition coefficient (Wildman–Crippen LogP) is 2.65. The van der Waals surface area contributed by atoms with Crippen LogP contribution >= 0.6 is 0 Å². The van der Waals surface area contributed by atoms with Gasteiger partial charge in [-0.2, -0.15) is 0 Å². The number of hydrogen-bond donors (Lipinski definition) is 1. The SMILES string of the molecule is CCN(CC)c1ccc(NS(=O)(=O)c2cc(N3C(=O)C(C)CS3(=O)=O)ccc2OC)cc1. The maximum Gasteiger partial charge on any atom is 0.265 e. The van der Waals surface area contributed by atoms with E-state index in [2.05, 4.69) is 9.62 Å². The van der Waals surface area contributed by atoms with Crippen LogP contribution in [-0.2, 0) is 24.8 Å². The largest absolute Gasteiger partial charge is 0.495 e. The molecule has 1 heterocycles. The van der Waals surface area contributed by atoms with E-state index < -0.39 is 31.9 Å². The summed E-state index contributed by atoms with van der Waals surface area (Å²) in [5, 5.41) is 0. The van der Waals surface area contributed by atoms with E-state index in [1.807, 2.05) is 26.0 Å². The number of methoxy groups -OCH3 is 1. The number of anilines is 3. The molecule has 1 unspecified atom stereocenters. The standard InChI is InChI=1S/C21H27N3O6S2/c1-5-23(6-2)17-9-7-16(8-10-17)22-32(28,29)20-13-18(11-12-19(20)30-4)24-21(25)15(3)14-31(24,26)27/h7-13,15,22H,5-6,14H2,1-4H3. The lowest BCUT2D eigenvalue weighted by molar-refractivity contribution is -0.119. The Morgan fingerprint density at radius 3 is 2.25 bits per heavy atom. The number of hydrogen-bond acceptors (Lipinski definition) is 7. The van der Waals surface area contributed by atoms with Gasteiger partial charge in [0, 0.05) is 24.5 Å². The van der Waals surface area contributed by atoms with Gasteiger partial charge in [-0.15, -0.1) is 0 Å². The molecule has 0 bridgehead atoms. The zero-order chi connectivity index (χ0) is 23.7. The second-order valence-corrected chi connectivity index (χ2v) is 11.0. The Balaban J connectivity index is 1.97. The molecule has 1 amide bonds. The highest BCUT2D eigenvalue weighted by Crippen LogP contribution is 2.34. The van der Waals surface area contributed by atoms with Crippen LogP contribution in [0.3, 0.4) is 0 Å². The number of benzene rings is 2. The summed E-state index contributed by atoms with van der Waals surface area (Å²) >= 11 is 0. The predicted molar refractivity (Wildman–Crippen MR) is 124 cm³/mol. The quantitative estimate of drug-likeness (QED) is 0.617. The molecule has 1 N–H and O–H groups in total. The molecule has 0 saturated carbocycles. The molecule has 0 aromatic heterocycles. The summed E-state index contributed by atoms with van der Waals surface area (Å²) in [6.07, 6.45) is 0. The van der Waals surface area contributed by atoms with Crippen molar-refractivity contribution in [2.24, 2.45) is 5.92 Å². The smallest absolute Gasteiger partial charge is 0.265 e. The van der Waals surface area contributed by atoms with Gasteiger partial charge in [-0.1, -0.05) is 6.92 Å². The van der Waals surface area contributed by atoms with Crippen molar-refractivity contribution in [1.82, 2.24) is 0 Å². The van der Waals surface area contributed by atoms with Crippen LogP contribution in [0.1, 0.15) is 20.8 Å². The zero-order valence-corrected chi connectivity index (χ0v) is 20.0. The molecule has 11 heteroatoms. The maximum atomic E-state index is 13.1. The van der Waals surface area contributed by atoms with Crippen LogP contribution in [0.4, 0.5) is 17.1 Å². The molecule has 0 spiro atoms. The number of nitrogens with zero attached hydrogens (tertiary/aromatic N) is 2. The third-order valence-corrected chi connectivity index (χ3v) is 8.55. The number of carbonyl (C=O) groups excluding carboxylic acids is 1. The Hall–Kier alpha value is -2.79. The monoisotopic (exact) mass is 481 g/mol. The van der Waals surface area contributed by atoms with Gasteiger partial charge in [0.25, 0.3) is 10.0 Å². The highest BCUT2D eigenvalue weighted by atomic mass is 32.2. The molecular weight excluding hydrogens is 454 g/mol. The Morgan fingerprint density at radius 2 is 1.75 bits per heavy atom. The van der Waals surface area contributed by atoms with Crippen LogP contribution in [0.5, 0.6) is 5.75 Å². The molecule has 174 valence electrons. The number of ether oxygens (including phenoxy) is 1. The minimum atomic E-state index is -4.14. The first-order valence-electron chi connectivity index (χ1n) is 10.2. The molecule has 3 rings (SSSR count). The molecule has 2 aromatic rings. The summed E-state index contributed by atoms with van der Waals surface area (Å²) in [5.41, 5.74) is 1.26. The van der Waals surface area contributed by atoms with Gasteiger partial charge in [0.05, 0.1) is 24.5 Å². The number of nitrogens with one attached hydrogen (secondary N) is 1. The van der Waals surface area contributed by atoms with Gasteiger partial charge < -0.3 is 9.64 Å². The van der Waals surface area contributed by atoms with E-state index in [0.717, 1.165) is 24.8 Å². The average Bonchev–Trinajstić information content (AvgIpc) is 2.95. The Kier molecular flexibility index (Phi) is 6.70. The number of carbonyl (C=O) groups is 1. The van der Waals surface area contributed by atoms with E-state index in [-0.39, 0.29) is 22.1 Å². The molecule has 1 aliphatic heterocycles. The summed E-state index contributed by atoms with van der Waals surface area (Å²) in [6, 6.07) is 10.8. The van der Waals surface area contributed by atoms with Gasteiger partial charge in [0.1, 0.15) is 10.6 Å². The van der Waals surface area contributed by atoms with Gasteiger partial charge in [0.15, 0.2) is 0 Å². The Morgan fingerprint density at radius 1 is 1.12 bits per heavy atom. The van der Waals surface area contributed by atoms with Crippen molar-refractivity contribution < 1.29 is 26.4 Å². The van der Waals surface area contributed by atoms with Crippen molar-refractivity contribution in [2.45, 2.75) is 25.7 Å². The lowest BCUT2D eigenvalue weighted by Crippen LogP contribution is -2.30. The first kappa shape index (κ1) is 23.9. The molecular formula is C21H27N3O6S2. The fraction of sp³-hybridized carbons (Fsp3) is 0.381. The fourth-order valence-electron chi connectivity index (χ4n) is 3.63. The summed E-state index contributed by atoms with van der Waals surface area (Å²) in [5.74, 6) is -1.60. The van der Waals surface area contributed by atoms with Crippen LogP contribution in [0.15, 0.2) is 47.4 Å². The third kappa shape index (κ3) is 4.53. The summed E-state index contributed by atoms with van der Waals surface area (Å²) in [4.78, 5) is 14.3. The van der Waals surface area contributed by atoms with Gasteiger partial charge in [0.2, 0.25) is 15.9 Å². The molecule has 9 nitrogen and oxygen atoms in total. The van der Waals surface area contributed by atoms with Crippen molar-refractivity contribution in [3.63, 3.8) is 0 Å². The van der Waals surface area contributed by atoms with E-state index in [4.69, 9.17) is 4.74 Å². The molecule has 32 heavy (non-hydrogen) atoms. The fourth-order valence-corrected chi connectivity index (χ4v) is 6.69. The van der Waals surface area contributed by atoms with E-state index in [9.17, 15) is 21.6 Å². The highest BCUT2D eigenvalue weighted by Gasteiger charge is 2.42. The molecule has 0 aliphatic carbocycles. The number of sulfonamides is 2. The molecule has 1 aliphatic rings. The number of amides is 1. The third-order valence-electron chi connectivity index (χ3n) is 5.28. The maximum absolute atomic E-state index is 13.1. The summed E-state index contributed by atoms with van der Waals surface area (Å²) < 4.78 is 59.5. The van der Waals surface area contributed by atoms with E-state index in [0.29, 0.717) is 9.99 Å². The van der Waals surface area contributed by atoms with Crippen LogP contribution in [0.25, 0.3) is 0 Å². The van der Waals surface area contributed by atoms with Gasteiger partial charge in [-0.25, -0.2) is 21.1 Å². The van der Waals surface area contributed by atoms with E-state index in [1.165, 1.54) is 26.2 Å². The minimum Gasteiger partial charge on any atom is -0.495 e. The van der Waals surface area contributed by atoms with Crippen molar-refractivity contribution in [3.8, 4) is 5.75 Å². The number of rotatable bonds is 8. The minimum absolute atomic E-state index is 0.0260. The van der Waals surface area contributed by atoms with Crippen LogP contribution in [0.2, 0.25) is 0 Å². The lowest BCUT2D eigenvalue weighted by atomic mass is 10.2. The molecule has 1 saturated heterocycles. The summed E-state index contributed by atoms with van der Waals surface area (Å²) in [6.45, 7) is 7.23. The van der Waals surface area contributed by atoms with Crippen LogP contribution in [-0.4, -0.2) is 48.7 Å². The van der Waals surface area contributed by atoms with E-state index >= 15 is 0 Å². The van der Waals surface area contributed by atoms with E-state index in [1.54, 1.807) is 12.1 Å². The summed E-state index contributed by atoms with van der Waals surface area (Å²) in [7, 11) is -6.70. The zero-order valence-electron chi connectivity index (χ0n) is 18.4. The lowest BCUT2D eigenvalue weighted by Gasteiger charge is -2.21. The Labute approximate surface area is 189 Å². The van der Waals surface area contributed by atoms with Crippen molar-refractivity contribution >= 4 is 43.0 Å². The van der Waals surface area contributed by atoms with Crippen molar-refractivity contribution in [1.29, 1.82) is 0 Å². The normalized spacial score (nSPS) is 17.9. The molecule has 0 radical (unpaired) electrons. The first-order valence-corrected chi connectivity index (χ1v) is 13.3. The molecule has 2 aromatic carbocycles. The molecule has 1 fully saturated rings. The van der Waals surface area contributed by atoms with Crippen molar-refractivity contribution in [3.05, 3.63) is 42.5 Å². The Bertz CT molecular complexity index is 1210. The second kappa shape index (κ2) is 8.99. The molecule has 1 atom stereocenters. The van der Waals surface area contributed by atoms with Crippen LogP contribution in [0, 0.1) is 5.92 Å². The second-order valence-electron chi connectivity index (χ2n) is 7.44. The highest BCUT2D eigenvalue weighted by molar-refractivity contribution is 7.94. The van der Waals surface area contributed by atoms with Gasteiger partial charge in [-0.3, -0.25) is 9.52 Å². The average molecular weight is 482 g/mol. The van der Waals surface area contributed by atoms with Gasteiger partial charge in [-0.05, 0) is 56.3 Å². The van der Waals surface area contributed by atoms with Crippen LogP contribution < -0.4 is 18.7 Å². The topological polar surface area (TPSA) is 113 Å². The van der Waals surface area contributed by atoms with Gasteiger partial charge >= 0.3 is 0 Å². The first-order chi connectivity index (χ1) is 15.0. The van der Waals surface area contributed by atoms with Crippen molar-refractivity contribution in [2.75, 3.05) is 39.9 Å².